The van der Waals surface area contributed by atoms with Crippen LogP contribution in [-0.4, -0.2) is 31.7 Å². The monoisotopic (exact) mass is 431 g/mol. The lowest BCUT2D eigenvalue weighted by Crippen LogP contribution is -2.37. The van der Waals surface area contributed by atoms with E-state index in [2.05, 4.69) is 15.3 Å². The molecule has 2 heterocycles. The number of aromatic nitrogens is 3. The van der Waals surface area contributed by atoms with E-state index in [-0.39, 0.29) is 11.6 Å². The molecule has 162 valence electrons. The largest absolute Gasteiger partial charge is 0.416 e. The summed E-state index contributed by atoms with van der Waals surface area (Å²) in [5.74, 6) is 0.427. The zero-order valence-electron chi connectivity index (χ0n) is 16.7. The van der Waals surface area contributed by atoms with Crippen molar-refractivity contribution in [3.8, 4) is 5.69 Å². The van der Waals surface area contributed by atoms with Crippen LogP contribution in [0.25, 0.3) is 5.69 Å². The molecule has 7 nitrogen and oxygen atoms in total. The maximum absolute atomic E-state index is 12.8. The van der Waals surface area contributed by atoms with E-state index < -0.39 is 11.7 Å². The van der Waals surface area contributed by atoms with Gasteiger partial charge in [-0.1, -0.05) is 12.1 Å². The van der Waals surface area contributed by atoms with E-state index in [1.54, 1.807) is 4.57 Å². The topological polar surface area (TPSA) is 72.2 Å². The third-order valence-electron chi connectivity index (χ3n) is 5.06. The van der Waals surface area contributed by atoms with Gasteiger partial charge in [-0.2, -0.15) is 17.9 Å². The molecule has 3 aromatic rings. The van der Waals surface area contributed by atoms with Crippen LogP contribution in [0.3, 0.4) is 0 Å². The van der Waals surface area contributed by atoms with E-state index in [9.17, 15) is 22.8 Å². The highest BCUT2D eigenvalue weighted by atomic mass is 19.4. The molecule has 1 amide bonds. The van der Waals surface area contributed by atoms with Gasteiger partial charge in [-0.3, -0.25) is 14.3 Å². The second-order valence-electron chi connectivity index (χ2n) is 7.40. The van der Waals surface area contributed by atoms with Gasteiger partial charge in [0, 0.05) is 32.2 Å². The number of hydrogen-bond donors (Lipinski definition) is 1. The molecule has 1 aromatic heterocycles. The molecule has 0 unspecified atom stereocenters. The summed E-state index contributed by atoms with van der Waals surface area (Å²) in [7, 11) is 0. The average Bonchev–Trinajstić information content (AvgIpc) is 3.04. The van der Waals surface area contributed by atoms with Crippen LogP contribution in [0.2, 0.25) is 0 Å². The molecule has 1 aliphatic rings. The molecule has 0 saturated carbocycles. The van der Waals surface area contributed by atoms with Crippen molar-refractivity contribution in [2.24, 2.45) is 0 Å². The molecule has 0 radical (unpaired) electrons. The Morgan fingerprint density at radius 3 is 2.35 bits per heavy atom. The fourth-order valence-corrected chi connectivity index (χ4v) is 3.55. The van der Waals surface area contributed by atoms with Crippen molar-refractivity contribution in [1.82, 2.24) is 19.2 Å². The molecule has 0 fully saturated rings. The molecular formula is C21H20F3N5O2. The van der Waals surface area contributed by atoms with Crippen molar-refractivity contribution in [1.29, 1.82) is 0 Å². The van der Waals surface area contributed by atoms with Gasteiger partial charge in [-0.15, -0.1) is 5.10 Å². The van der Waals surface area contributed by atoms with Crippen LogP contribution in [-0.2, 0) is 30.6 Å². The highest BCUT2D eigenvalue weighted by Crippen LogP contribution is 2.29. The van der Waals surface area contributed by atoms with Crippen molar-refractivity contribution < 1.29 is 18.0 Å². The van der Waals surface area contributed by atoms with Crippen LogP contribution < -0.4 is 11.0 Å². The van der Waals surface area contributed by atoms with Crippen LogP contribution in [0.1, 0.15) is 23.9 Å². The minimum Gasteiger partial charge on any atom is -0.326 e. The van der Waals surface area contributed by atoms with Crippen LogP contribution in [0.5, 0.6) is 0 Å². The molecule has 0 atom stereocenters. The predicted molar refractivity (Wildman–Crippen MR) is 108 cm³/mol. The van der Waals surface area contributed by atoms with E-state index in [4.69, 9.17) is 0 Å². The number of rotatable bonds is 4. The van der Waals surface area contributed by atoms with Gasteiger partial charge in [-0.05, 0) is 42.0 Å². The van der Waals surface area contributed by atoms with Crippen molar-refractivity contribution in [2.75, 3.05) is 11.9 Å². The number of nitrogens with one attached hydrogen (secondary N) is 1. The van der Waals surface area contributed by atoms with Crippen LogP contribution in [0.4, 0.5) is 18.9 Å². The summed E-state index contributed by atoms with van der Waals surface area (Å²) in [6.07, 6.45) is -4.43. The number of halogens is 3. The van der Waals surface area contributed by atoms with Gasteiger partial charge >= 0.3 is 11.9 Å². The van der Waals surface area contributed by atoms with Gasteiger partial charge in [0.2, 0.25) is 5.91 Å². The summed E-state index contributed by atoms with van der Waals surface area (Å²) in [6, 6.07) is 11.9. The Balaban J connectivity index is 1.49. The third-order valence-corrected chi connectivity index (χ3v) is 5.06. The number of hydrogen-bond acceptors (Lipinski definition) is 4. The Morgan fingerprint density at radius 1 is 1.06 bits per heavy atom. The van der Waals surface area contributed by atoms with Crippen molar-refractivity contribution in [3.05, 3.63) is 76.0 Å². The summed E-state index contributed by atoms with van der Waals surface area (Å²) in [5, 5.41) is 7.07. The first kappa shape index (κ1) is 20.9. The Morgan fingerprint density at radius 2 is 1.74 bits per heavy atom. The molecule has 0 spiro atoms. The molecule has 31 heavy (non-hydrogen) atoms. The maximum Gasteiger partial charge on any atom is 0.416 e. The van der Waals surface area contributed by atoms with E-state index in [1.807, 2.05) is 24.3 Å². The van der Waals surface area contributed by atoms with E-state index in [0.717, 1.165) is 28.1 Å². The molecule has 0 aliphatic carbocycles. The SMILES string of the molecule is CC(=O)Nc1ccc(CN2CCn3c(nn(-c4ccc(C(F)(F)F)cc4)c3=O)C2)cc1. The fourth-order valence-electron chi connectivity index (χ4n) is 3.55. The standard InChI is InChI=1S/C21H20F3N5O2/c1-14(30)25-17-6-2-15(3-7-17)12-27-10-11-28-19(13-27)26-29(20(28)31)18-8-4-16(5-9-18)21(22,23)24/h2-9H,10-13H2,1H3,(H,25,30). The highest BCUT2D eigenvalue weighted by Gasteiger charge is 2.30. The first-order chi connectivity index (χ1) is 14.7. The van der Waals surface area contributed by atoms with Crippen molar-refractivity contribution >= 4 is 11.6 Å². The smallest absolute Gasteiger partial charge is 0.326 e. The Labute approximate surface area is 175 Å². The van der Waals surface area contributed by atoms with Gasteiger partial charge in [-0.25, -0.2) is 4.79 Å². The molecule has 10 heteroatoms. The first-order valence-corrected chi connectivity index (χ1v) is 9.66. The normalized spacial score (nSPS) is 14.3. The second kappa shape index (κ2) is 8.03. The van der Waals surface area contributed by atoms with Crippen molar-refractivity contribution in [2.45, 2.75) is 32.7 Å². The number of amides is 1. The summed E-state index contributed by atoms with van der Waals surface area (Å²) >= 11 is 0. The van der Waals surface area contributed by atoms with Gasteiger partial charge in [0.1, 0.15) is 5.82 Å². The van der Waals surface area contributed by atoms with Crippen LogP contribution in [0.15, 0.2) is 53.3 Å². The van der Waals surface area contributed by atoms with Gasteiger partial charge < -0.3 is 5.32 Å². The molecule has 1 aliphatic heterocycles. The van der Waals surface area contributed by atoms with E-state index >= 15 is 0 Å². The number of carbonyl (C=O) groups excluding carboxylic acids is 1. The zero-order chi connectivity index (χ0) is 22.2. The summed E-state index contributed by atoms with van der Waals surface area (Å²) in [4.78, 5) is 25.9. The van der Waals surface area contributed by atoms with Crippen LogP contribution >= 0.6 is 0 Å². The van der Waals surface area contributed by atoms with Crippen LogP contribution in [0, 0.1) is 0 Å². The van der Waals surface area contributed by atoms with E-state index in [0.29, 0.717) is 37.7 Å². The molecule has 0 bridgehead atoms. The van der Waals surface area contributed by atoms with Gasteiger partial charge in [0.05, 0.1) is 17.8 Å². The number of fused-ring (bicyclic) bond motifs is 1. The summed E-state index contributed by atoms with van der Waals surface area (Å²) in [5.41, 5.74) is 0.920. The first-order valence-electron chi connectivity index (χ1n) is 9.66. The molecule has 1 N–H and O–H groups in total. The summed E-state index contributed by atoms with van der Waals surface area (Å²) in [6.45, 7) is 3.61. The highest BCUT2D eigenvalue weighted by molar-refractivity contribution is 5.88. The minimum atomic E-state index is -4.43. The van der Waals surface area contributed by atoms with Crippen molar-refractivity contribution in [3.63, 3.8) is 0 Å². The lowest BCUT2D eigenvalue weighted by molar-refractivity contribution is -0.137. The number of carbonyl (C=O) groups is 1. The predicted octanol–water partition coefficient (Wildman–Crippen LogP) is 3.03. The zero-order valence-corrected chi connectivity index (χ0v) is 16.7. The number of anilines is 1. The fraction of sp³-hybridized carbons (Fsp3) is 0.286. The molecular weight excluding hydrogens is 411 g/mol. The lowest BCUT2D eigenvalue weighted by Gasteiger charge is -2.26. The Hall–Kier alpha value is -3.40. The third kappa shape index (κ3) is 4.53. The minimum absolute atomic E-state index is 0.134. The Kier molecular flexibility index (Phi) is 5.40. The van der Waals surface area contributed by atoms with Gasteiger partial charge in [0.25, 0.3) is 0 Å². The number of alkyl halides is 3. The lowest BCUT2D eigenvalue weighted by atomic mass is 10.2. The second-order valence-corrected chi connectivity index (χ2v) is 7.40. The quantitative estimate of drug-likeness (QED) is 0.690. The summed E-state index contributed by atoms with van der Waals surface area (Å²) < 4.78 is 41.0. The van der Waals surface area contributed by atoms with Gasteiger partial charge in [0.15, 0.2) is 0 Å². The van der Waals surface area contributed by atoms with E-state index in [1.165, 1.54) is 19.1 Å². The molecule has 4 rings (SSSR count). The number of benzene rings is 2. The molecule has 2 aromatic carbocycles. The Bertz CT molecular complexity index is 1150. The number of nitrogens with zero attached hydrogens (tertiary/aromatic N) is 4. The maximum atomic E-state index is 12.8. The average molecular weight is 431 g/mol. The molecule has 0 saturated heterocycles.